The number of nitrogens with one attached hydrogen (secondary N) is 2. The van der Waals surface area contributed by atoms with Crippen LogP contribution in [0.5, 0.6) is 0 Å². The minimum Gasteiger partial charge on any atom is -0.373 e. The van der Waals surface area contributed by atoms with Gasteiger partial charge >= 0.3 is 0 Å². The largest absolute Gasteiger partial charge is 0.373 e. The number of amides is 2. The molecule has 8 heteroatoms. The molecular weight excluding hydrogens is 416 g/mol. The molecular formula is C25H30N6O2. The van der Waals surface area contributed by atoms with Crippen LogP contribution in [0.1, 0.15) is 48.3 Å². The smallest absolute Gasteiger partial charge is 0.227 e. The molecule has 8 nitrogen and oxygen atoms in total. The van der Waals surface area contributed by atoms with Gasteiger partial charge in [0.15, 0.2) is 0 Å². The topological polar surface area (TPSA) is 94.2 Å². The number of para-hydroxylation sites is 1. The van der Waals surface area contributed by atoms with Gasteiger partial charge in [0.05, 0.1) is 18.7 Å². The van der Waals surface area contributed by atoms with E-state index in [1.807, 2.05) is 47.3 Å². The van der Waals surface area contributed by atoms with Gasteiger partial charge in [-0.25, -0.2) is 9.97 Å². The zero-order valence-corrected chi connectivity index (χ0v) is 19.2. The Balaban J connectivity index is 1.36. The van der Waals surface area contributed by atoms with Gasteiger partial charge in [0, 0.05) is 62.2 Å². The lowest BCUT2D eigenvalue weighted by molar-refractivity contribution is -0.131. The van der Waals surface area contributed by atoms with Gasteiger partial charge in [-0.05, 0) is 30.9 Å². The number of piperidine rings is 1. The van der Waals surface area contributed by atoms with Crippen molar-refractivity contribution in [2.24, 2.45) is 0 Å². The SMILES string of the molecule is CNc1nc([C@@H]2CCCN(C(C)=O)C2)nc2c1CCN(C(=O)Cc1c[nH]c3ccccc13)C2. The number of hydrogen-bond donors (Lipinski definition) is 2. The number of likely N-dealkylation sites (tertiary alicyclic amines) is 1. The Hall–Kier alpha value is -3.42. The fourth-order valence-electron chi connectivity index (χ4n) is 5.08. The van der Waals surface area contributed by atoms with Crippen LogP contribution in [0.4, 0.5) is 5.82 Å². The average molecular weight is 447 g/mol. The van der Waals surface area contributed by atoms with Gasteiger partial charge in [-0.3, -0.25) is 9.59 Å². The van der Waals surface area contributed by atoms with Gasteiger partial charge in [-0.2, -0.15) is 0 Å². The van der Waals surface area contributed by atoms with Crippen LogP contribution < -0.4 is 5.32 Å². The number of benzene rings is 1. The first-order valence-corrected chi connectivity index (χ1v) is 11.7. The van der Waals surface area contributed by atoms with Crippen molar-refractivity contribution in [3.63, 3.8) is 0 Å². The van der Waals surface area contributed by atoms with Crippen molar-refractivity contribution in [2.75, 3.05) is 32.0 Å². The normalized spacial score (nSPS) is 18.3. The standard InChI is InChI=1S/C25H30N6O2/c1-16(32)30-10-5-6-17(14-30)24-28-22-15-31(11-9-20(22)25(26-2)29-24)23(33)12-18-13-27-21-8-4-3-7-19(18)21/h3-4,7-8,13,17,27H,5-6,9-12,14-15H2,1-2H3,(H,26,28,29)/t17-/m1/s1. The van der Waals surface area contributed by atoms with Crippen molar-refractivity contribution >= 4 is 28.5 Å². The van der Waals surface area contributed by atoms with Crippen LogP contribution in [-0.2, 0) is 29.0 Å². The molecule has 0 radical (unpaired) electrons. The Morgan fingerprint density at radius 2 is 2.03 bits per heavy atom. The quantitative estimate of drug-likeness (QED) is 0.643. The first-order valence-electron chi connectivity index (χ1n) is 11.7. The van der Waals surface area contributed by atoms with Crippen LogP contribution in [-0.4, -0.2) is 63.2 Å². The molecule has 0 spiro atoms. The van der Waals surface area contributed by atoms with Gasteiger partial charge in [0.2, 0.25) is 11.8 Å². The van der Waals surface area contributed by atoms with E-state index in [1.54, 1.807) is 6.92 Å². The maximum Gasteiger partial charge on any atom is 0.227 e. The molecule has 0 aliphatic carbocycles. The van der Waals surface area contributed by atoms with Gasteiger partial charge < -0.3 is 20.1 Å². The number of anilines is 1. The summed E-state index contributed by atoms with van der Waals surface area (Å²) in [6, 6.07) is 8.06. The maximum atomic E-state index is 13.2. The number of carbonyl (C=O) groups is 2. The van der Waals surface area contributed by atoms with Gasteiger partial charge in [0.1, 0.15) is 11.6 Å². The van der Waals surface area contributed by atoms with E-state index in [9.17, 15) is 9.59 Å². The van der Waals surface area contributed by atoms with E-state index in [2.05, 4.69) is 10.3 Å². The first-order chi connectivity index (χ1) is 16.0. The van der Waals surface area contributed by atoms with E-state index in [0.717, 1.165) is 65.2 Å². The molecule has 33 heavy (non-hydrogen) atoms. The number of aromatic amines is 1. The van der Waals surface area contributed by atoms with Gasteiger partial charge in [0.25, 0.3) is 0 Å². The molecule has 1 aromatic carbocycles. The van der Waals surface area contributed by atoms with Crippen LogP contribution >= 0.6 is 0 Å². The summed E-state index contributed by atoms with van der Waals surface area (Å²) in [5.74, 6) is 1.95. The molecule has 0 unspecified atom stereocenters. The maximum absolute atomic E-state index is 13.2. The third-order valence-corrected chi connectivity index (χ3v) is 6.92. The third kappa shape index (κ3) is 4.17. The van der Waals surface area contributed by atoms with Gasteiger partial charge in [-0.1, -0.05) is 18.2 Å². The number of aromatic nitrogens is 3. The number of hydrogen-bond acceptors (Lipinski definition) is 5. The lowest BCUT2D eigenvalue weighted by Crippen LogP contribution is -2.39. The minimum absolute atomic E-state index is 0.0977. The number of H-pyrrole nitrogens is 1. The second-order valence-corrected chi connectivity index (χ2v) is 9.01. The van der Waals surface area contributed by atoms with Crippen LogP contribution in [0, 0.1) is 0 Å². The second kappa shape index (κ2) is 8.84. The summed E-state index contributed by atoms with van der Waals surface area (Å²) in [4.78, 5) is 41.9. The predicted molar refractivity (Wildman–Crippen MR) is 127 cm³/mol. The number of nitrogens with zero attached hydrogens (tertiary/aromatic N) is 4. The molecule has 4 heterocycles. The van der Waals surface area contributed by atoms with E-state index < -0.39 is 0 Å². The van der Waals surface area contributed by atoms with Crippen molar-refractivity contribution in [1.82, 2.24) is 24.8 Å². The molecule has 1 atom stereocenters. The Morgan fingerprint density at radius 1 is 1.18 bits per heavy atom. The highest BCUT2D eigenvalue weighted by Crippen LogP contribution is 2.30. The first kappa shape index (κ1) is 21.4. The van der Waals surface area contributed by atoms with E-state index in [0.29, 0.717) is 26.1 Å². The lowest BCUT2D eigenvalue weighted by atomic mass is 9.96. The molecule has 5 rings (SSSR count). The minimum atomic E-state index is 0.0977. The summed E-state index contributed by atoms with van der Waals surface area (Å²) in [7, 11) is 1.88. The highest BCUT2D eigenvalue weighted by atomic mass is 16.2. The molecule has 2 aliphatic rings. The molecule has 1 fully saturated rings. The molecule has 2 aliphatic heterocycles. The summed E-state index contributed by atoms with van der Waals surface area (Å²) in [6.07, 6.45) is 4.95. The average Bonchev–Trinajstić information content (AvgIpc) is 3.25. The van der Waals surface area contributed by atoms with E-state index in [1.165, 1.54) is 0 Å². The zero-order chi connectivity index (χ0) is 22.9. The molecule has 3 aromatic rings. The van der Waals surface area contributed by atoms with Crippen LogP contribution in [0.3, 0.4) is 0 Å². The highest BCUT2D eigenvalue weighted by Gasteiger charge is 2.29. The fourth-order valence-corrected chi connectivity index (χ4v) is 5.08. The Kier molecular flexibility index (Phi) is 5.74. The summed E-state index contributed by atoms with van der Waals surface area (Å²) >= 11 is 0. The van der Waals surface area contributed by atoms with Crippen molar-refractivity contribution in [1.29, 1.82) is 0 Å². The Bertz CT molecular complexity index is 1200. The van der Waals surface area contributed by atoms with Gasteiger partial charge in [-0.15, -0.1) is 0 Å². The molecule has 2 aromatic heterocycles. The van der Waals surface area contributed by atoms with Crippen LogP contribution in [0.25, 0.3) is 10.9 Å². The molecule has 1 saturated heterocycles. The molecule has 172 valence electrons. The third-order valence-electron chi connectivity index (χ3n) is 6.92. The van der Waals surface area contributed by atoms with E-state index in [-0.39, 0.29) is 17.7 Å². The Morgan fingerprint density at radius 3 is 2.85 bits per heavy atom. The summed E-state index contributed by atoms with van der Waals surface area (Å²) in [5, 5.41) is 4.32. The van der Waals surface area contributed by atoms with Crippen LogP contribution in [0.15, 0.2) is 30.5 Å². The zero-order valence-electron chi connectivity index (χ0n) is 19.2. The monoisotopic (exact) mass is 446 g/mol. The fraction of sp³-hybridized carbons (Fsp3) is 0.440. The number of rotatable bonds is 4. The van der Waals surface area contributed by atoms with Crippen molar-refractivity contribution in [3.05, 3.63) is 53.1 Å². The number of carbonyl (C=O) groups excluding carboxylic acids is 2. The molecule has 0 saturated carbocycles. The predicted octanol–water partition coefficient (Wildman–Crippen LogP) is 2.85. The second-order valence-electron chi connectivity index (χ2n) is 9.01. The molecule has 2 amide bonds. The number of fused-ring (bicyclic) bond motifs is 2. The van der Waals surface area contributed by atoms with Crippen molar-refractivity contribution in [2.45, 2.75) is 45.1 Å². The summed E-state index contributed by atoms with van der Waals surface area (Å²) in [5.41, 5.74) is 4.08. The van der Waals surface area contributed by atoms with E-state index in [4.69, 9.17) is 9.97 Å². The van der Waals surface area contributed by atoms with Crippen molar-refractivity contribution < 1.29 is 9.59 Å². The van der Waals surface area contributed by atoms with Crippen LogP contribution in [0.2, 0.25) is 0 Å². The summed E-state index contributed by atoms with van der Waals surface area (Å²) in [6.45, 7) is 4.22. The molecule has 2 N–H and O–H groups in total. The lowest BCUT2D eigenvalue weighted by Gasteiger charge is -2.33. The van der Waals surface area contributed by atoms with E-state index >= 15 is 0 Å². The summed E-state index contributed by atoms with van der Waals surface area (Å²) < 4.78 is 0. The Labute approximate surface area is 193 Å². The van der Waals surface area contributed by atoms with Crippen molar-refractivity contribution in [3.8, 4) is 0 Å². The molecule has 0 bridgehead atoms. The highest BCUT2D eigenvalue weighted by molar-refractivity contribution is 5.89.